The smallest absolute Gasteiger partial charge is 0.190 e. The van der Waals surface area contributed by atoms with Crippen molar-refractivity contribution < 1.29 is 9.47 Å². The minimum atomic E-state index is 0.589. The molecule has 0 saturated carbocycles. The van der Waals surface area contributed by atoms with Crippen LogP contribution in [0.2, 0.25) is 0 Å². The van der Waals surface area contributed by atoms with Gasteiger partial charge in [-0.3, -0.25) is 4.90 Å². The molecule has 27 heavy (non-hydrogen) atoms. The lowest BCUT2D eigenvalue weighted by molar-refractivity contribution is 0.209. The fourth-order valence-electron chi connectivity index (χ4n) is 3.48. The molecular formula is C21H26N4O2. The standard InChI is InChI=1S/C21H26N4O2/c1-16(2)24-10-12-25(13-11-24)21-9-8-18(22-23-21)20-15-26-14-19(27-20)17-6-4-3-5-7-17/h3-4,6,8-9,14-16H,5,7,10-13H2,1-2H3. The highest BCUT2D eigenvalue weighted by molar-refractivity contribution is 5.59. The molecule has 0 atom stereocenters. The highest BCUT2D eigenvalue weighted by Gasteiger charge is 2.21. The zero-order valence-electron chi connectivity index (χ0n) is 16.0. The van der Waals surface area contributed by atoms with Crippen LogP contribution in [-0.2, 0) is 9.47 Å². The molecule has 0 bridgehead atoms. The largest absolute Gasteiger partial charge is 0.465 e. The molecule has 3 heterocycles. The number of rotatable bonds is 4. The average molecular weight is 366 g/mol. The predicted molar refractivity (Wildman–Crippen MR) is 106 cm³/mol. The van der Waals surface area contributed by atoms with Crippen molar-refractivity contribution in [1.29, 1.82) is 0 Å². The molecule has 4 rings (SSSR count). The summed E-state index contributed by atoms with van der Waals surface area (Å²) in [5, 5.41) is 8.79. The Balaban J connectivity index is 1.40. The van der Waals surface area contributed by atoms with Gasteiger partial charge in [0.25, 0.3) is 0 Å². The van der Waals surface area contributed by atoms with Gasteiger partial charge in [0.05, 0.1) is 0 Å². The lowest BCUT2D eigenvalue weighted by Gasteiger charge is -2.37. The Kier molecular flexibility index (Phi) is 5.25. The van der Waals surface area contributed by atoms with Gasteiger partial charge < -0.3 is 14.4 Å². The number of anilines is 1. The van der Waals surface area contributed by atoms with Gasteiger partial charge in [-0.1, -0.05) is 18.2 Å². The SMILES string of the molecule is CC(C)N1CCN(c2ccc(C3=COC=C(C4=CC=CCC4)O3)nn2)CC1. The Bertz CT molecular complexity index is 785. The van der Waals surface area contributed by atoms with Crippen LogP contribution in [0.25, 0.3) is 5.76 Å². The van der Waals surface area contributed by atoms with Crippen LogP contribution in [-0.4, -0.2) is 47.3 Å². The van der Waals surface area contributed by atoms with Crippen molar-refractivity contribution in [3.05, 3.63) is 59.9 Å². The van der Waals surface area contributed by atoms with Crippen molar-refractivity contribution in [1.82, 2.24) is 15.1 Å². The van der Waals surface area contributed by atoms with Crippen molar-refractivity contribution in [2.45, 2.75) is 32.7 Å². The van der Waals surface area contributed by atoms with E-state index in [4.69, 9.17) is 9.47 Å². The molecule has 6 nitrogen and oxygen atoms in total. The number of ether oxygens (including phenoxy) is 2. The Morgan fingerprint density at radius 1 is 1.00 bits per heavy atom. The quantitative estimate of drug-likeness (QED) is 0.813. The van der Waals surface area contributed by atoms with Gasteiger partial charge >= 0.3 is 0 Å². The first kappa shape index (κ1) is 17.8. The summed E-state index contributed by atoms with van der Waals surface area (Å²) in [6, 6.07) is 4.55. The molecule has 1 fully saturated rings. The van der Waals surface area contributed by atoms with Gasteiger partial charge in [-0.15, -0.1) is 10.2 Å². The van der Waals surface area contributed by atoms with E-state index in [9.17, 15) is 0 Å². The van der Waals surface area contributed by atoms with E-state index in [1.807, 2.05) is 12.1 Å². The summed E-state index contributed by atoms with van der Waals surface area (Å²) in [6.45, 7) is 8.55. The maximum Gasteiger partial charge on any atom is 0.190 e. The molecule has 1 aromatic rings. The number of hydrogen-bond acceptors (Lipinski definition) is 6. The van der Waals surface area contributed by atoms with Crippen LogP contribution in [0.15, 0.2) is 54.2 Å². The van der Waals surface area contributed by atoms with E-state index in [1.54, 1.807) is 12.5 Å². The normalized spacial score (nSPS) is 20.6. The maximum absolute atomic E-state index is 6.01. The molecule has 0 aromatic carbocycles. The number of allylic oxidation sites excluding steroid dienone is 4. The van der Waals surface area contributed by atoms with E-state index in [0.717, 1.165) is 56.2 Å². The van der Waals surface area contributed by atoms with Crippen LogP contribution in [0.3, 0.4) is 0 Å². The third-order valence-corrected chi connectivity index (χ3v) is 5.17. The first-order chi connectivity index (χ1) is 13.2. The molecule has 0 amide bonds. The van der Waals surface area contributed by atoms with Gasteiger partial charge in [0.2, 0.25) is 0 Å². The Morgan fingerprint density at radius 3 is 2.48 bits per heavy atom. The van der Waals surface area contributed by atoms with Gasteiger partial charge in [-0.25, -0.2) is 0 Å². The molecule has 1 saturated heterocycles. The van der Waals surface area contributed by atoms with Crippen LogP contribution in [0.1, 0.15) is 32.4 Å². The van der Waals surface area contributed by atoms with Crippen LogP contribution >= 0.6 is 0 Å². The highest BCUT2D eigenvalue weighted by atomic mass is 16.5. The van der Waals surface area contributed by atoms with Crippen LogP contribution in [0, 0.1) is 0 Å². The second kappa shape index (κ2) is 7.96. The lowest BCUT2D eigenvalue weighted by Crippen LogP contribution is -2.49. The monoisotopic (exact) mass is 366 g/mol. The van der Waals surface area contributed by atoms with Gasteiger partial charge in [0.15, 0.2) is 17.3 Å². The molecular weight excluding hydrogens is 340 g/mol. The number of hydrogen-bond donors (Lipinski definition) is 0. The van der Waals surface area contributed by atoms with Crippen molar-refractivity contribution in [2.24, 2.45) is 0 Å². The molecule has 0 unspecified atom stereocenters. The minimum Gasteiger partial charge on any atom is -0.465 e. The summed E-state index contributed by atoms with van der Waals surface area (Å²) < 4.78 is 11.5. The molecule has 1 aromatic heterocycles. The minimum absolute atomic E-state index is 0.589. The molecule has 6 heteroatoms. The van der Waals surface area contributed by atoms with Crippen LogP contribution in [0.4, 0.5) is 5.82 Å². The van der Waals surface area contributed by atoms with Gasteiger partial charge in [0.1, 0.15) is 18.2 Å². The fraction of sp³-hybridized carbons (Fsp3) is 0.429. The lowest BCUT2D eigenvalue weighted by atomic mass is 10.0. The molecule has 0 radical (unpaired) electrons. The number of nitrogens with zero attached hydrogens (tertiary/aromatic N) is 4. The van der Waals surface area contributed by atoms with E-state index in [0.29, 0.717) is 17.5 Å². The first-order valence-electron chi connectivity index (χ1n) is 9.63. The van der Waals surface area contributed by atoms with Crippen LogP contribution < -0.4 is 4.90 Å². The predicted octanol–water partition coefficient (Wildman–Crippen LogP) is 3.47. The second-order valence-electron chi connectivity index (χ2n) is 7.25. The van der Waals surface area contributed by atoms with Crippen LogP contribution in [0.5, 0.6) is 0 Å². The summed E-state index contributed by atoms with van der Waals surface area (Å²) in [5.41, 5.74) is 1.81. The molecule has 142 valence electrons. The molecule has 0 N–H and O–H groups in total. The highest BCUT2D eigenvalue weighted by Crippen LogP contribution is 2.29. The number of aromatic nitrogens is 2. The van der Waals surface area contributed by atoms with Gasteiger partial charge in [0, 0.05) is 32.2 Å². The summed E-state index contributed by atoms with van der Waals surface area (Å²) in [4.78, 5) is 4.77. The van der Waals surface area contributed by atoms with Gasteiger partial charge in [-0.05, 0) is 44.4 Å². The van der Waals surface area contributed by atoms with Crippen molar-refractivity contribution in [3.8, 4) is 0 Å². The summed E-state index contributed by atoms with van der Waals surface area (Å²) in [7, 11) is 0. The zero-order valence-corrected chi connectivity index (χ0v) is 16.0. The van der Waals surface area contributed by atoms with Gasteiger partial charge in [-0.2, -0.15) is 0 Å². The summed E-state index contributed by atoms with van der Waals surface area (Å²) in [6.07, 6.45) is 11.5. The molecule has 0 spiro atoms. The van der Waals surface area contributed by atoms with E-state index in [-0.39, 0.29) is 0 Å². The molecule has 3 aliphatic rings. The first-order valence-corrected chi connectivity index (χ1v) is 9.63. The fourth-order valence-corrected chi connectivity index (χ4v) is 3.48. The molecule has 1 aliphatic carbocycles. The van der Waals surface area contributed by atoms with E-state index in [1.165, 1.54) is 0 Å². The third kappa shape index (κ3) is 4.06. The van der Waals surface area contributed by atoms with E-state index in [2.05, 4.69) is 52.1 Å². The molecule has 2 aliphatic heterocycles. The third-order valence-electron chi connectivity index (χ3n) is 5.17. The summed E-state index contributed by atoms with van der Waals surface area (Å²) in [5.74, 6) is 2.24. The zero-order chi connectivity index (χ0) is 18.6. The van der Waals surface area contributed by atoms with Crippen molar-refractivity contribution in [3.63, 3.8) is 0 Å². The van der Waals surface area contributed by atoms with E-state index >= 15 is 0 Å². The van der Waals surface area contributed by atoms with E-state index < -0.39 is 0 Å². The average Bonchev–Trinajstić information content (AvgIpc) is 2.75. The number of piperazine rings is 1. The van der Waals surface area contributed by atoms with Crippen molar-refractivity contribution >= 4 is 11.6 Å². The summed E-state index contributed by atoms with van der Waals surface area (Å²) >= 11 is 0. The Labute approximate surface area is 160 Å². The topological polar surface area (TPSA) is 50.7 Å². The Morgan fingerprint density at radius 2 is 1.81 bits per heavy atom. The Hall–Kier alpha value is -2.60. The van der Waals surface area contributed by atoms with Crippen molar-refractivity contribution in [2.75, 3.05) is 31.1 Å². The maximum atomic E-state index is 6.01. The second-order valence-corrected chi connectivity index (χ2v) is 7.25.